The summed E-state index contributed by atoms with van der Waals surface area (Å²) in [5.41, 5.74) is 2.62. The number of hydrogen-bond acceptors (Lipinski definition) is 1. The summed E-state index contributed by atoms with van der Waals surface area (Å²) < 4.78 is 5.48. The first-order chi connectivity index (χ1) is 5.36. The molecule has 11 heavy (non-hydrogen) atoms. The van der Waals surface area contributed by atoms with Gasteiger partial charge in [0.15, 0.2) is 0 Å². The summed E-state index contributed by atoms with van der Waals surface area (Å²) >= 11 is 0. The molecule has 0 saturated heterocycles. The molecule has 1 aromatic rings. The van der Waals surface area contributed by atoms with Crippen molar-refractivity contribution in [2.24, 2.45) is 0 Å². The van der Waals surface area contributed by atoms with E-state index in [9.17, 15) is 0 Å². The van der Waals surface area contributed by atoms with Crippen LogP contribution in [0, 0.1) is 6.07 Å². The lowest BCUT2D eigenvalue weighted by Gasteiger charge is -2.21. The second-order valence-electron chi connectivity index (χ2n) is 3.00. The van der Waals surface area contributed by atoms with E-state index in [1.54, 1.807) is 0 Å². The standard InChI is InChI=1S/C10H11O/c1-8-6-9-4-2-3-5-10(9)7-11-8/h2-3,5,8H,6-7H2,1H3. The van der Waals surface area contributed by atoms with Crippen LogP contribution < -0.4 is 0 Å². The Kier molecular flexibility index (Phi) is 1.66. The van der Waals surface area contributed by atoms with Crippen LogP contribution >= 0.6 is 0 Å². The zero-order valence-corrected chi connectivity index (χ0v) is 6.63. The topological polar surface area (TPSA) is 9.23 Å². The lowest BCUT2D eigenvalue weighted by Crippen LogP contribution is -2.18. The van der Waals surface area contributed by atoms with Crippen molar-refractivity contribution in [2.45, 2.75) is 26.1 Å². The highest BCUT2D eigenvalue weighted by molar-refractivity contribution is 5.27. The van der Waals surface area contributed by atoms with Crippen molar-refractivity contribution in [3.63, 3.8) is 0 Å². The van der Waals surface area contributed by atoms with E-state index in [1.807, 2.05) is 12.1 Å². The van der Waals surface area contributed by atoms with Crippen LogP contribution in [-0.2, 0) is 17.8 Å². The van der Waals surface area contributed by atoms with E-state index in [0.29, 0.717) is 6.10 Å². The molecular formula is C10H11O. The Hall–Kier alpha value is -0.820. The Morgan fingerprint density at radius 1 is 1.64 bits per heavy atom. The largest absolute Gasteiger partial charge is 0.373 e. The molecule has 0 saturated carbocycles. The highest BCUT2D eigenvalue weighted by Crippen LogP contribution is 2.18. The SMILES string of the molecule is CC1Cc2[c]cccc2CO1. The minimum atomic E-state index is 0.362. The second-order valence-corrected chi connectivity index (χ2v) is 3.00. The van der Waals surface area contributed by atoms with Gasteiger partial charge in [-0.2, -0.15) is 0 Å². The Morgan fingerprint density at radius 2 is 2.55 bits per heavy atom. The molecule has 1 aromatic carbocycles. The molecule has 1 unspecified atom stereocenters. The van der Waals surface area contributed by atoms with Gasteiger partial charge in [0.1, 0.15) is 0 Å². The van der Waals surface area contributed by atoms with Gasteiger partial charge in [-0.1, -0.05) is 18.2 Å². The van der Waals surface area contributed by atoms with Crippen LogP contribution in [0.15, 0.2) is 18.2 Å². The lowest BCUT2D eigenvalue weighted by molar-refractivity contribution is 0.0410. The molecule has 57 valence electrons. The van der Waals surface area contributed by atoms with Gasteiger partial charge >= 0.3 is 0 Å². The smallest absolute Gasteiger partial charge is 0.0723 e. The maximum Gasteiger partial charge on any atom is 0.0723 e. The maximum absolute atomic E-state index is 5.48. The van der Waals surface area contributed by atoms with Gasteiger partial charge in [0.2, 0.25) is 0 Å². The van der Waals surface area contributed by atoms with Crippen LogP contribution in [-0.4, -0.2) is 6.10 Å². The van der Waals surface area contributed by atoms with Crippen LogP contribution in [0.1, 0.15) is 18.1 Å². The number of ether oxygens (including phenoxy) is 1. The molecule has 1 aliphatic heterocycles. The van der Waals surface area contributed by atoms with Crippen molar-refractivity contribution in [3.8, 4) is 0 Å². The number of benzene rings is 1. The molecule has 1 aliphatic rings. The summed E-state index contributed by atoms with van der Waals surface area (Å²) in [5, 5.41) is 0. The van der Waals surface area contributed by atoms with E-state index >= 15 is 0 Å². The summed E-state index contributed by atoms with van der Waals surface area (Å²) in [6.45, 7) is 2.86. The van der Waals surface area contributed by atoms with Gasteiger partial charge in [-0.3, -0.25) is 0 Å². The molecule has 0 aromatic heterocycles. The third-order valence-electron chi connectivity index (χ3n) is 2.05. The quantitative estimate of drug-likeness (QED) is 0.545. The Labute approximate surface area is 67.0 Å². The van der Waals surface area contributed by atoms with Gasteiger partial charge in [-0.05, 0) is 30.5 Å². The minimum Gasteiger partial charge on any atom is -0.373 e. The third-order valence-corrected chi connectivity index (χ3v) is 2.05. The van der Waals surface area contributed by atoms with Crippen LogP contribution in [0.5, 0.6) is 0 Å². The number of hydrogen-bond donors (Lipinski definition) is 0. The first kappa shape index (κ1) is 6.86. The molecule has 0 fully saturated rings. The Morgan fingerprint density at radius 3 is 3.45 bits per heavy atom. The number of fused-ring (bicyclic) bond motifs is 1. The Bertz CT molecular complexity index is 255. The molecule has 0 amide bonds. The fraction of sp³-hybridized carbons (Fsp3) is 0.400. The fourth-order valence-corrected chi connectivity index (χ4v) is 1.41. The fourth-order valence-electron chi connectivity index (χ4n) is 1.41. The van der Waals surface area contributed by atoms with Gasteiger partial charge in [0.25, 0.3) is 0 Å². The molecule has 2 rings (SSSR count). The summed E-state index contributed by atoms with van der Waals surface area (Å²) in [5.74, 6) is 0. The van der Waals surface area contributed by atoms with E-state index in [-0.39, 0.29) is 0 Å². The molecule has 0 N–H and O–H groups in total. The molecule has 0 aliphatic carbocycles. The average molecular weight is 147 g/mol. The molecular weight excluding hydrogens is 136 g/mol. The van der Waals surface area contributed by atoms with E-state index in [0.717, 1.165) is 13.0 Å². The zero-order chi connectivity index (χ0) is 7.68. The summed E-state index contributed by atoms with van der Waals surface area (Å²) in [4.78, 5) is 0. The van der Waals surface area contributed by atoms with Gasteiger partial charge in [0.05, 0.1) is 12.7 Å². The first-order valence-corrected chi connectivity index (χ1v) is 3.96. The van der Waals surface area contributed by atoms with E-state index in [2.05, 4.69) is 19.1 Å². The van der Waals surface area contributed by atoms with Crippen LogP contribution in [0.3, 0.4) is 0 Å². The summed E-state index contributed by atoms with van der Waals surface area (Å²) in [6.07, 6.45) is 1.37. The van der Waals surface area contributed by atoms with Gasteiger partial charge in [0, 0.05) is 0 Å². The van der Waals surface area contributed by atoms with Gasteiger partial charge in [-0.25, -0.2) is 0 Å². The van der Waals surface area contributed by atoms with Crippen LogP contribution in [0.4, 0.5) is 0 Å². The van der Waals surface area contributed by atoms with Crippen molar-refractivity contribution in [1.29, 1.82) is 0 Å². The molecule has 1 radical (unpaired) electrons. The van der Waals surface area contributed by atoms with Gasteiger partial charge < -0.3 is 4.74 Å². The normalized spacial score (nSPS) is 22.8. The van der Waals surface area contributed by atoms with Crippen LogP contribution in [0.2, 0.25) is 0 Å². The second kappa shape index (κ2) is 2.67. The van der Waals surface area contributed by atoms with Crippen LogP contribution in [0.25, 0.3) is 0 Å². The number of rotatable bonds is 0. The van der Waals surface area contributed by atoms with Crippen molar-refractivity contribution in [1.82, 2.24) is 0 Å². The van der Waals surface area contributed by atoms with Gasteiger partial charge in [-0.15, -0.1) is 0 Å². The monoisotopic (exact) mass is 147 g/mol. The Balaban J connectivity index is 2.34. The highest BCUT2D eigenvalue weighted by Gasteiger charge is 2.13. The highest BCUT2D eigenvalue weighted by atomic mass is 16.5. The lowest BCUT2D eigenvalue weighted by atomic mass is 10.0. The first-order valence-electron chi connectivity index (χ1n) is 3.96. The van der Waals surface area contributed by atoms with E-state index in [1.165, 1.54) is 11.1 Å². The molecule has 1 heterocycles. The average Bonchev–Trinajstić information content (AvgIpc) is 2.04. The molecule has 1 atom stereocenters. The van der Waals surface area contributed by atoms with E-state index < -0.39 is 0 Å². The molecule has 0 spiro atoms. The molecule has 0 bridgehead atoms. The van der Waals surface area contributed by atoms with Crippen molar-refractivity contribution < 1.29 is 4.74 Å². The summed E-state index contributed by atoms with van der Waals surface area (Å²) in [7, 11) is 0. The maximum atomic E-state index is 5.48. The zero-order valence-electron chi connectivity index (χ0n) is 6.63. The predicted octanol–water partition coefficient (Wildman–Crippen LogP) is 1.95. The molecule has 1 nitrogen and oxygen atoms in total. The minimum absolute atomic E-state index is 0.362. The third kappa shape index (κ3) is 1.29. The van der Waals surface area contributed by atoms with Crippen molar-refractivity contribution >= 4 is 0 Å². The van der Waals surface area contributed by atoms with E-state index in [4.69, 9.17) is 4.74 Å². The van der Waals surface area contributed by atoms with Crippen molar-refractivity contribution in [3.05, 3.63) is 35.4 Å². The molecule has 1 heteroatoms. The summed E-state index contributed by atoms with van der Waals surface area (Å²) in [6, 6.07) is 9.33. The van der Waals surface area contributed by atoms with Crippen molar-refractivity contribution in [2.75, 3.05) is 0 Å². The predicted molar refractivity (Wildman–Crippen MR) is 43.2 cm³/mol.